The topological polar surface area (TPSA) is 95.8 Å². The Morgan fingerprint density at radius 1 is 0.368 bits per heavy atom. The van der Waals surface area contributed by atoms with Gasteiger partial charge in [-0.2, -0.15) is 0 Å². The number of nitrogens with zero attached hydrogens (tertiary/aromatic N) is 6. The Hall–Kier alpha value is -8.54. The predicted molar refractivity (Wildman–Crippen MR) is 311 cm³/mol. The van der Waals surface area contributed by atoms with E-state index in [1.165, 1.54) is 51.4 Å². The zero-order chi connectivity index (χ0) is 52.0. The second-order valence-electron chi connectivity index (χ2n) is 19.0. The third kappa shape index (κ3) is 14.8. The van der Waals surface area contributed by atoms with Crippen molar-refractivity contribution in [1.82, 2.24) is 29.9 Å². The van der Waals surface area contributed by atoms with E-state index in [0.29, 0.717) is 13.2 Å². The second-order valence-corrected chi connectivity index (χ2v) is 19.0. The molecule has 0 aliphatic rings. The fourth-order valence-electron chi connectivity index (χ4n) is 9.01. The molecule has 0 radical (unpaired) electrons. The molecule has 0 bridgehead atoms. The van der Waals surface area contributed by atoms with Crippen molar-refractivity contribution in [3.63, 3.8) is 0 Å². The van der Waals surface area contributed by atoms with Crippen LogP contribution in [0.25, 0.3) is 80.0 Å². The molecule has 0 saturated heterocycles. The first kappa shape index (κ1) is 52.3. The van der Waals surface area contributed by atoms with Gasteiger partial charge in [0.1, 0.15) is 11.5 Å². The first-order chi connectivity index (χ1) is 37.6. The van der Waals surface area contributed by atoms with Crippen LogP contribution >= 0.6 is 0 Å². The predicted octanol–water partition coefficient (Wildman–Crippen LogP) is 17.1. The van der Waals surface area contributed by atoms with Crippen molar-refractivity contribution in [1.29, 1.82) is 0 Å². The van der Waals surface area contributed by atoms with Crippen molar-refractivity contribution in [2.75, 3.05) is 13.2 Å². The maximum atomic E-state index is 6.68. The molecule has 0 N–H and O–H groups in total. The van der Waals surface area contributed by atoms with Gasteiger partial charge in [-0.3, -0.25) is 19.9 Å². The number of hydrogen-bond acceptors (Lipinski definition) is 8. The molecule has 0 aliphatic carbocycles. The van der Waals surface area contributed by atoms with E-state index in [0.717, 1.165) is 127 Å². The molecule has 0 amide bonds. The quantitative estimate of drug-likeness (QED) is 0.0336. The van der Waals surface area contributed by atoms with Gasteiger partial charge >= 0.3 is 0 Å². The minimum absolute atomic E-state index is 0.615. The van der Waals surface area contributed by atoms with Crippen molar-refractivity contribution in [2.24, 2.45) is 0 Å². The van der Waals surface area contributed by atoms with Crippen LogP contribution in [-0.4, -0.2) is 43.1 Å². The molecule has 76 heavy (non-hydrogen) atoms. The van der Waals surface area contributed by atoms with Crippen LogP contribution in [0.4, 0.5) is 0 Å². The number of rotatable bonds is 24. The van der Waals surface area contributed by atoms with Gasteiger partial charge in [-0.15, -0.1) is 0 Å². The third-order valence-corrected chi connectivity index (χ3v) is 13.2. The number of aromatic nitrogens is 6. The van der Waals surface area contributed by atoms with Gasteiger partial charge in [0.2, 0.25) is 0 Å². The van der Waals surface area contributed by atoms with Gasteiger partial charge in [-0.05, 0) is 132 Å². The van der Waals surface area contributed by atoms with Crippen LogP contribution in [0.1, 0.15) is 113 Å². The highest BCUT2D eigenvalue weighted by molar-refractivity contribution is 5.79. The summed E-state index contributed by atoms with van der Waals surface area (Å²) in [5.41, 5.74) is 14.3. The molecule has 0 unspecified atom stereocenters. The number of benzene rings is 3. The smallest absolute Gasteiger partial charge is 0.135 e. The molecular formula is C68H66N6O2. The molecule has 0 fully saturated rings. The van der Waals surface area contributed by atoms with Crippen molar-refractivity contribution in [3.8, 4) is 91.1 Å². The highest BCUT2D eigenvalue weighted by Crippen LogP contribution is 2.34. The van der Waals surface area contributed by atoms with Gasteiger partial charge in [0.25, 0.3) is 0 Å². The number of pyridine rings is 6. The SMILES string of the molecule is CCCCCCCCOc1cc(/C=C/c2ccc(-c3cc(-c4ccccn4)nc(-c4ccccn4)c3)cc2)c(OCCCCCCCC)cc1C#Cc1ccc(-c2cc(-c3ccccn3)nc(-c3ccccn3)c2)cc1. The molecule has 0 saturated carbocycles. The van der Waals surface area contributed by atoms with Crippen molar-refractivity contribution < 1.29 is 9.47 Å². The van der Waals surface area contributed by atoms with Crippen LogP contribution in [-0.2, 0) is 0 Å². The van der Waals surface area contributed by atoms with Crippen LogP contribution in [0.2, 0.25) is 0 Å². The summed E-state index contributed by atoms with van der Waals surface area (Å²) in [6, 6.07) is 53.1. The van der Waals surface area contributed by atoms with E-state index in [1.54, 1.807) is 24.8 Å². The largest absolute Gasteiger partial charge is 0.493 e. The Kier molecular flexibility index (Phi) is 19.0. The summed E-state index contributed by atoms with van der Waals surface area (Å²) in [6.07, 6.45) is 25.6. The third-order valence-electron chi connectivity index (χ3n) is 13.2. The van der Waals surface area contributed by atoms with Crippen LogP contribution in [0.3, 0.4) is 0 Å². The van der Waals surface area contributed by atoms with E-state index >= 15 is 0 Å². The molecule has 6 aromatic heterocycles. The van der Waals surface area contributed by atoms with Crippen LogP contribution < -0.4 is 9.47 Å². The lowest BCUT2D eigenvalue weighted by Gasteiger charge is -2.15. The Balaban J connectivity index is 1.01. The molecule has 0 aliphatic heterocycles. The summed E-state index contributed by atoms with van der Waals surface area (Å²) in [7, 11) is 0. The molecule has 8 heteroatoms. The van der Waals surface area contributed by atoms with E-state index in [9.17, 15) is 0 Å². The molecule has 0 spiro atoms. The first-order valence-electron chi connectivity index (χ1n) is 27.1. The highest BCUT2D eigenvalue weighted by atomic mass is 16.5. The number of unbranched alkanes of at least 4 members (excludes halogenated alkanes) is 10. The normalized spacial score (nSPS) is 11.1. The molecule has 380 valence electrons. The average molecular weight is 999 g/mol. The second kappa shape index (κ2) is 27.7. The highest BCUT2D eigenvalue weighted by Gasteiger charge is 2.14. The number of hydrogen-bond donors (Lipinski definition) is 0. The van der Waals surface area contributed by atoms with E-state index in [4.69, 9.17) is 19.4 Å². The molecular weight excluding hydrogens is 933 g/mol. The number of ether oxygens (including phenoxy) is 2. The molecule has 0 atom stereocenters. The summed E-state index contributed by atoms with van der Waals surface area (Å²) in [5, 5.41) is 0. The minimum Gasteiger partial charge on any atom is -0.493 e. The van der Waals surface area contributed by atoms with Crippen LogP contribution in [0.5, 0.6) is 11.5 Å². The zero-order valence-electron chi connectivity index (χ0n) is 43.9. The van der Waals surface area contributed by atoms with E-state index < -0.39 is 0 Å². The molecule has 9 rings (SSSR count). The Morgan fingerprint density at radius 2 is 0.789 bits per heavy atom. The molecule has 3 aromatic carbocycles. The Bertz CT molecular complexity index is 3200. The van der Waals surface area contributed by atoms with Crippen molar-refractivity contribution >= 4 is 12.2 Å². The summed E-state index contributed by atoms with van der Waals surface area (Å²) in [5.74, 6) is 8.54. The summed E-state index contributed by atoms with van der Waals surface area (Å²) < 4.78 is 13.3. The Labute approximate surface area is 449 Å². The maximum absolute atomic E-state index is 6.68. The van der Waals surface area contributed by atoms with E-state index in [-0.39, 0.29) is 0 Å². The van der Waals surface area contributed by atoms with Gasteiger partial charge in [-0.1, -0.05) is 163 Å². The molecule has 9 aromatic rings. The minimum atomic E-state index is 0.615. The fraction of sp³-hybridized carbons (Fsp3) is 0.235. The molecule has 8 nitrogen and oxygen atoms in total. The van der Waals surface area contributed by atoms with Gasteiger partial charge in [0, 0.05) is 42.0 Å². The lowest BCUT2D eigenvalue weighted by molar-refractivity contribution is 0.295. The lowest BCUT2D eigenvalue weighted by atomic mass is 10.0. The van der Waals surface area contributed by atoms with Gasteiger partial charge in [0.15, 0.2) is 0 Å². The van der Waals surface area contributed by atoms with Gasteiger partial charge < -0.3 is 9.47 Å². The van der Waals surface area contributed by atoms with Gasteiger partial charge in [-0.25, -0.2) is 9.97 Å². The fourth-order valence-corrected chi connectivity index (χ4v) is 9.01. The van der Waals surface area contributed by atoms with E-state index in [1.807, 2.05) is 72.8 Å². The van der Waals surface area contributed by atoms with Crippen molar-refractivity contribution in [2.45, 2.75) is 90.9 Å². The summed E-state index contributed by atoms with van der Waals surface area (Å²) in [4.78, 5) is 28.4. The summed E-state index contributed by atoms with van der Waals surface area (Å²) >= 11 is 0. The van der Waals surface area contributed by atoms with Crippen molar-refractivity contribution in [3.05, 3.63) is 205 Å². The Morgan fingerprint density at radius 3 is 1.22 bits per heavy atom. The average Bonchev–Trinajstić information content (AvgIpc) is 3.49. The monoisotopic (exact) mass is 999 g/mol. The van der Waals surface area contributed by atoms with Crippen LogP contribution in [0.15, 0.2) is 183 Å². The van der Waals surface area contributed by atoms with Gasteiger partial charge in [0.05, 0.1) is 64.3 Å². The van der Waals surface area contributed by atoms with Crippen LogP contribution in [0, 0.1) is 11.8 Å². The lowest BCUT2D eigenvalue weighted by Crippen LogP contribution is -2.03. The first-order valence-corrected chi connectivity index (χ1v) is 27.1. The van der Waals surface area contributed by atoms with E-state index in [2.05, 4.69) is 143 Å². The molecule has 6 heterocycles. The maximum Gasteiger partial charge on any atom is 0.135 e. The standard InChI is InChI=1S/C68H66N6O2/c1-3-5-7-9-11-21-43-75-67-49-56(38-32-52-29-35-54(36-30-52)58-47-65(61-25-15-19-41-71-61)74-66(48-58)62-26-16-20-42-72-62)68(76-44-22-12-10-8-6-4-2)50-55(67)37-31-51-27-33-53(34-28-51)57-45-63(59-23-13-17-39-69-59)73-64(46-57)60-24-14-18-40-70-60/h13-20,23-31,33-37,39-42,45-50H,3-12,21-22,43-44H2,1-2H3/b37-31+. The zero-order valence-corrected chi connectivity index (χ0v) is 43.9. The summed E-state index contributed by atoms with van der Waals surface area (Å²) in [6.45, 7) is 5.75.